The molecule has 0 heterocycles. The van der Waals surface area contributed by atoms with Gasteiger partial charge in [0.15, 0.2) is 18.1 Å². The predicted octanol–water partition coefficient (Wildman–Crippen LogP) is 3.46. The van der Waals surface area contributed by atoms with Crippen LogP contribution >= 0.6 is 11.6 Å². The van der Waals surface area contributed by atoms with Crippen molar-refractivity contribution >= 4 is 29.2 Å². The fraction of sp³-hybridized carbons (Fsp3) is 0.222. The zero-order valence-electron chi connectivity index (χ0n) is 14.1. The van der Waals surface area contributed by atoms with Crippen LogP contribution in [0.1, 0.15) is 15.9 Å². The van der Waals surface area contributed by atoms with Crippen molar-refractivity contribution in [2.45, 2.75) is 6.92 Å². The van der Waals surface area contributed by atoms with Crippen molar-refractivity contribution in [1.29, 1.82) is 0 Å². The third-order valence-corrected chi connectivity index (χ3v) is 3.64. The van der Waals surface area contributed by atoms with E-state index in [0.29, 0.717) is 27.8 Å². The summed E-state index contributed by atoms with van der Waals surface area (Å²) in [6.07, 6.45) is 0. The number of carbonyl (C=O) groups is 2. The molecule has 0 saturated carbocycles. The second kappa shape index (κ2) is 8.39. The second-order valence-corrected chi connectivity index (χ2v) is 5.59. The number of anilines is 1. The van der Waals surface area contributed by atoms with E-state index in [-0.39, 0.29) is 12.5 Å². The van der Waals surface area contributed by atoms with Crippen molar-refractivity contribution in [3.05, 3.63) is 52.5 Å². The molecule has 0 aromatic heterocycles. The van der Waals surface area contributed by atoms with Gasteiger partial charge in [-0.2, -0.15) is 0 Å². The largest absolute Gasteiger partial charge is 0.493 e. The highest BCUT2D eigenvalue weighted by Crippen LogP contribution is 2.28. The molecule has 0 atom stereocenters. The Hall–Kier alpha value is -2.73. The zero-order valence-corrected chi connectivity index (χ0v) is 14.8. The van der Waals surface area contributed by atoms with Gasteiger partial charge in [-0.15, -0.1) is 0 Å². The summed E-state index contributed by atoms with van der Waals surface area (Å²) in [5.41, 5.74) is 1.83. The number of rotatable bonds is 6. The fourth-order valence-electron chi connectivity index (χ4n) is 2.13. The van der Waals surface area contributed by atoms with E-state index >= 15 is 0 Å². The molecule has 2 aromatic rings. The van der Waals surface area contributed by atoms with Gasteiger partial charge in [-0.25, -0.2) is 4.79 Å². The van der Waals surface area contributed by atoms with E-state index in [1.54, 1.807) is 24.3 Å². The average Bonchev–Trinajstić information content (AvgIpc) is 2.61. The first-order valence-corrected chi connectivity index (χ1v) is 7.77. The smallest absolute Gasteiger partial charge is 0.337 e. The summed E-state index contributed by atoms with van der Waals surface area (Å²) in [4.78, 5) is 23.6. The number of aryl methyl sites for hydroxylation is 1. The first kappa shape index (κ1) is 18.6. The molecule has 0 saturated heterocycles. The molecule has 132 valence electrons. The van der Waals surface area contributed by atoms with Crippen LogP contribution in [0.25, 0.3) is 0 Å². The Bertz CT molecular complexity index is 791. The fourth-order valence-corrected chi connectivity index (χ4v) is 2.36. The highest BCUT2D eigenvalue weighted by molar-refractivity contribution is 6.30. The number of carbonyl (C=O) groups excluding carboxylic acids is 2. The Morgan fingerprint density at radius 3 is 2.48 bits per heavy atom. The number of methoxy groups -OCH3 is 2. The molecule has 7 heteroatoms. The minimum absolute atomic E-state index is 0.212. The first-order chi connectivity index (χ1) is 11.9. The minimum atomic E-state index is -0.485. The molecule has 0 aliphatic heterocycles. The third kappa shape index (κ3) is 4.87. The van der Waals surface area contributed by atoms with Gasteiger partial charge in [0.2, 0.25) is 0 Å². The van der Waals surface area contributed by atoms with Crippen LogP contribution in [-0.4, -0.2) is 32.7 Å². The van der Waals surface area contributed by atoms with Crippen molar-refractivity contribution < 1.29 is 23.8 Å². The number of halogens is 1. The zero-order chi connectivity index (χ0) is 18.4. The lowest BCUT2D eigenvalue weighted by Gasteiger charge is -2.12. The lowest BCUT2D eigenvalue weighted by atomic mass is 10.2. The summed E-state index contributed by atoms with van der Waals surface area (Å²) in [5, 5.41) is 3.35. The van der Waals surface area contributed by atoms with Crippen molar-refractivity contribution in [3.63, 3.8) is 0 Å². The second-order valence-electron chi connectivity index (χ2n) is 5.15. The summed E-state index contributed by atoms with van der Waals surface area (Å²) >= 11 is 5.89. The molecule has 6 nitrogen and oxygen atoms in total. The van der Waals surface area contributed by atoms with E-state index in [1.165, 1.54) is 26.4 Å². The Kier molecular flexibility index (Phi) is 6.25. The molecule has 2 aromatic carbocycles. The van der Waals surface area contributed by atoms with E-state index in [2.05, 4.69) is 10.1 Å². The maximum Gasteiger partial charge on any atom is 0.337 e. The molecule has 2 rings (SSSR count). The van der Waals surface area contributed by atoms with Gasteiger partial charge in [-0.1, -0.05) is 11.6 Å². The van der Waals surface area contributed by atoms with Gasteiger partial charge in [0, 0.05) is 10.7 Å². The van der Waals surface area contributed by atoms with Gasteiger partial charge < -0.3 is 19.5 Å². The Morgan fingerprint density at radius 2 is 1.84 bits per heavy atom. The van der Waals surface area contributed by atoms with E-state index < -0.39 is 5.97 Å². The first-order valence-electron chi connectivity index (χ1n) is 7.39. The van der Waals surface area contributed by atoms with Crippen LogP contribution in [0.5, 0.6) is 11.5 Å². The lowest BCUT2D eigenvalue weighted by Crippen LogP contribution is -2.20. The molecule has 0 fully saturated rings. The third-order valence-electron chi connectivity index (χ3n) is 3.41. The highest BCUT2D eigenvalue weighted by Gasteiger charge is 2.13. The van der Waals surface area contributed by atoms with Crippen LogP contribution < -0.4 is 14.8 Å². The number of hydrogen-bond acceptors (Lipinski definition) is 5. The Morgan fingerprint density at radius 1 is 1.08 bits per heavy atom. The quantitative estimate of drug-likeness (QED) is 0.795. The number of amides is 1. The molecular weight excluding hydrogens is 346 g/mol. The molecule has 0 radical (unpaired) electrons. The summed E-state index contributed by atoms with van der Waals surface area (Å²) in [7, 11) is 2.74. The molecule has 25 heavy (non-hydrogen) atoms. The summed E-state index contributed by atoms with van der Waals surface area (Å²) in [5.74, 6) is -0.137. The normalized spacial score (nSPS) is 10.1. The van der Waals surface area contributed by atoms with Gasteiger partial charge in [-0.05, 0) is 48.9 Å². The van der Waals surface area contributed by atoms with Crippen molar-refractivity contribution in [3.8, 4) is 11.5 Å². The summed E-state index contributed by atoms with van der Waals surface area (Å²) < 4.78 is 15.3. The standard InChI is InChI=1S/C18H18ClNO5/c1-11-8-13(19)5-6-14(11)20-17(21)10-25-15-7-4-12(18(22)24-3)9-16(15)23-2/h4-9H,10H2,1-3H3,(H,20,21). The number of nitrogens with one attached hydrogen (secondary N) is 1. The summed E-state index contributed by atoms with van der Waals surface area (Å²) in [6.45, 7) is 1.63. The molecule has 1 amide bonds. The van der Waals surface area contributed by atoms with E-state index in [0.717, 1.165) is 5.56 Å². The minimum Gasteiger partial charge on any atom is -0.493 e. The van der Waals surface area contributed by atoms with Crippen LogP contribution in [0.3, 0.4) is 0 Å². The van der Waals surface area contributed by atoms with Gasteiger partial charge in [-0.3, -0.25) is 4.79 Å². The van der Waals surface area contributed by atoms with E-state index in [4.69, 9.17) is 21.1 Å². The Balaban J connectivity index is 2.02. The number of benzene rings is 2. The topological polar surface area (TPSA) is 73.9 Å². The molecular formula is C18H18ClNO5. The van der Waals surface area contributed by atoms with Crippen molar-refractivity contribution in [1.82, 2.24) is 0 Å². The van der Waals surface area contributed by atoms with Crippen LogP contribution in [-0.2, 0) is 9.53 Å². The molecule has 0 bridgehead atoms. The van der Waals surface area contributed by atoms with Gasteiger partial charge in [0.05, 0.1) is 19.8 Å². The molecule has 0 unspecified atom stereocenters. The summed E-state index contributed by atoms with van der Waals surface area (Å²) in [6, 6.07) is 9.74. The SMILES string of the molecule is COC(=O)c1ccc(OCC(=O)Nc2ccc(Cl)cc2C)c(OC)c1. The van der Waals surface area contributed by atoms with Crippen LogP contribution in [0.15, 0.2) is 36.4 Å². The average molecular weight is 364 g/mol. The van der Waals surface area contributed by atoms with Crippen LogP contribution in [0.2, 0.25) is 5.02 Å². The van der Waals surface area contributed by atoms with Crippen molar-refractivity contribution in [2.75, 3.05) is 26.1 Å². The molecule has 0 spiro atoms. The van der Waals surface area contributed by atoms with E-state index in [1.807, 2.05) is 6.92 Å². The van der Waals surface area contributed by atoms with E-state index in [9.17, 15) is 9.59 Å². The van der Waals surface area contributed by atoms with Crippen LogP contribution in [0.4, 0.5) is 5.69 Å². The molecule has 0 aliphatic rings. The highest BCUT2D eigenvalue weighted by atomic mass is 35.5. The molecule has 1 N–H and O–H groups in total. The number of esters is 1. The van der Waals surface area contributed by atoms with Crippen molar-refractivity contribution in [2.24, 2.45) is 0 Å². The van der Waals surface area contributed by atoms with Gasteiger partial charge in [0.1, 0.15) is 0 Å². The maximum atomic E-state index is 12.1. The Labute approximate surface area is 150 Å². The maximum absolute atomic E-state index is 12.1. The number of hydrogen-bond donors (Lipinski definition) is 1. The monoisotopic (exact) mass is 363 g/mol. The predicted molar refractivity (Wildman–Crippen MR) is 94.6 cm³/mol. The van der Waals surface area contributed by atoms with Crippen LogP contribution in [0, 0.1) is 6.92 Å². The number of ether oxygens (including phenoxy) is 3. The molecule has 0 aliphatic carbocycles. The van der Waals surface area contributed by atoms with Gasteiger partial charge in [0.25, 0.3) is 5.91 Å². The van der Waals surface area contributed by atoms with Gasteiger partial charge >= 0.3 is 5.97 Å². The lowest BCUT2D eigenvalue weighted by molar-refractivity contribution is -0.118.